The number of benzene rings is 1. The highest BCUT2D eigenvalue weighted by Crippen LogP contribution is 2.19. The van der Waals surface area contributed by atoms with Crippen LogP contribution < -0.4 is 11.1 Å². The number of carbonyl (C=O) groups excluding carboxylic acids is 1. The molecule has 0 fully saturated rings. The number of amides is 1. The Labute approximate surface area is 157 Å². The van der Waals surface area contributed by atoms with Gasteiger partial charge in [0.25, 0.3) is 0 Å². The molecule has 25 heavy (non-hydrogen) atoms. The van der Waals surface area contributed by atoms with Gasteiger partial charge in [-0.15, -0.1) is 12.4 Å². The molecule has 1 aromatic rings. The Bertz CT molecular complexity index is 644. The van der Waals surface area contributed by atoms with Gasteiger partial charge in [-0.05, 0) is 31.5 Å². The average molecular weight is 392 g/mol. The van der Waals surface area contributed by atoms with Gasteiger partial charge in [0.05, 0.1) is 10.9 Å². The first-order valence-corrected chi connectivity index (χ1v) is 9.75. The summed E-state index contributed by atoms with van der Waals surface area (Å²) in [6.45, 7) is 9.93. The van der Waals surface area contributed by atoms with E-state index in [-0.39, 0.29) is 41.2 Å². The topological polar surface area (TPSA) is 92.5 Å². The van der Waals surface area contributed by atoms with Gasteiger partial charge in [0.1, 0.15) is 0 Å². The highest BCUT2D eigenvalue weighted by Gasteiger charge is 2.22. The maximum Gasteiger partial charge on any atom is 0.243 e. The normalized spacial score (nSPS) is 15.2. The summed E-state index contributed by atoms with van der Waals surface area (Å²) in [5, 5.41) is 2.90. The molecule has 0 aliphatic heterocycles. The molecule has 0 bridgehead atoms. The molecule has 0 aliphatic carbocycles. The summed E-state index contributed by atoms with van der Waals surface area (Å²) in [7, 11) is -3.46. The van der Waals surface area contributed by atoms with Crippen LogP contribution in [0.15, 0.2) is 29.2 Å². The molecule has 3 atom stereocenters. The zero-order valence-corrected chi connectivity index (χ0v) is 17.2. The molecule has 1 aromatic carbocycles. The van der Waals surface area contributed by atoms with Crippen molar-refractivity contribution in [1.29, 1.82) is 0 Å². The van der Waals surface area contributed by atoms with Gasteiger partial charge in [0.15, 0.2) is 0 Å². The lowest BCUT2D eigenvalue weighted by Crippen LogP contribution is -2.39. The van der Waals surface area contributed by atoms with E-state index < -0.39 is 10.0 Å². The predicted molar refractivity (Wildman–Crippen MR) is 103 cm³/mol. The van der Waals surface area contributed by atoms with Gasteiger partial charge in [-0.2, -0.15) is 4.31 Å². The van der Waals surface area contributed by atoms with E-state index in [1.54, 1.807) is 38.1 Å². The van der Waals surface area contributed by atoms with Crippen LogP contribution in [0.4, 0.5) is 0 Å². The van der Waals surface area contributed by atoms with Crippen LogP contribution >= 0.6 is 12.4 Å². The molecule has 0 aromatic heterocycles. The monoisotopic (exact) mass is 391 g/mol. The summed E-state index contributed by atoms with van der Waals surface area (Å²) in [6.07, 6.45) is 0. The van der Waals surface area contributed by atoms with E-state index in [0.29, 0.717) is 13.1 Å². The van der Waals surface area contributed by atoms with Crippen molar-refractivity contribution in [3.05, 3.63) is 29.8 Å². The third-order valence-electron chi connectivity index (χ3n) is 4.28. The van der Waals surface area contributed by atoms with Gasteiger partial charge < -0.3 is 11.1 Å². The average Bonchev–Trinajstić information content (AvgIpc) is 2.54. The van der Waals surface area contributed by atoms with Crippen molar-refractivity contribution in [3.8, 4) is 0 Å². The Morgan fingerprint density at radius 1 is 1.12 bits per heavy atom. The standard InChI is InChI=1S/C17H29N3O3S.ClH/c1-6-20(7-2)24(22,23)16-10-8-15(9-11-16)14(5)19-17(21)12(3)13(4)18;/h8-14H,6-7,18H2,1-5H3,(H,19,21);1H. The Balaban J connectivity index is 0.00000576. The fraction of sp³-hybridized carbons (Fsp3) is 0.588. The molecule has 6 nitrogen and oxygen atoms in total. The summed E-state index contributed by atoms with van der Waals surface area (Å²) in [5.74, 6) is -0.396. The van der Waals surface area contributed by atoms with E-state index in [2.05, 4.69) is 5.32 Å². The maximum absolute atomic E-state index is 12.5. The van der Waals surface area contributed by atoms with Crippen LogP contribution in [0, 0.1) is 5.92 Å². The number of hydrogen-bond acceptors (Lipinski definition) is 4. The van der Waals surface area contributed by atoms with Gasteiger partial charge in [0.2, 0.25) is 15.9 Å². The zero-order chi connectivity index (χ0) is 18.5. The van der Waals surface area contributed by atoms with Gasteiger partial charge >= 0.3 is 0 Å². The second kappa shape index (κ2) is 10.1. The Hall–Kier alpha value is -1.15. The molecule has 3 N–H and O–H groups in total. The number of rotatable bonds is 8. The number of sulfonamides is 1. The minimum absolute atomic E-state index is 0. The van der Waals surface area contributed by atoms with Gasteiger partial charge in [0, 0.05) is 25.0 Å². The molecular weight excluding hydrogens is 362 g/mol. The molecule has 0 saturated carbocycles. The predicted octanol–water partition coefficient (Wildman–Crippen LogP) is 2.30. The number of halogens is 1. The number of hydrogen-bond donors (Lipinski definition) is 2. The van der Waals surface area contributed by atoms with Crippen LogP contribution in [-0.2, 0) is 14.8 Å². The van der Waals surface area contributed by atoms with E-state index in [9.17, 15) is 13.2 Å². The first kappa shape index (κ1) is 23.9. The lowest BCUT2D eigenvalue weighted by molar-refractivity contribution is -0.125. The molecule has 0 radical (unpaired) electrons. The summed E-state index contributed by atoms with van der Waals surface area (Å²) in [6, 6.07) is 6.19. The van der Waals surface area contributed by atoms with Gasteiger partial charge in [-0.25, -0.2) is 8.42 Å². The number of nitrogens with two attached hydrogens (primary N) is 1. The first-order valence-electron chi connectivity index (χ1n) is 8.31. The molecule has 0 aliphatic rings. The molecule has 0 saturated heterocycles. The largest absolute Gasteiger partial charge is 0.349 e. The van der Waals surface area contributed by atoms with Crippen LogP contribution in [0.25, 0.3) is 0 Å². The van der Waals surface area contributed by atoms with Gasteiger partial charge in [-0.3, -0.25) is 4.79 Å². The minimum Gasteiger partial charge on any atom is -0.349 e. The van der Waals surface area contributed by atoms with Crippen molar-refractivity contribution < 1.29 is 13.2 Å². The summed E-state index contributed by atoms with van der Waals surface area (Å²) in [4.78, 5) is 12.3. The highest BCUT2D eigenvalue weighted by atomic mass is 35.5. The van der Waals surface area contributed by atoms with Crippen molar-refractivity contribution >= 4 is 28.3 Å². The third kappa shape index (κ3) is 5.95. The molecule has 1 rings (SSSR count). The van der Waals surface area contributed by atoms with E-state index in [0.717, 1.165) is 5.56 Å². The van der Waals surface area contributed by atoms with Crippen LogP contribution in [0.1, 0.15) is 46.2 Å². The maximum atomic E-state index is 12.5. The summed E-state index contributed by atoms with van der Waals surface area (Å²) < 4.78 is 26.3. The van der Waals surface area contributed by atoms with Crippen molar-refractivity contribution in [1.82, 2.24) is 9.62 Å². The Morgan fingerprint density at radius 2 is 1.60 bits per heavy atom. The number of carbonyl (C=O) groups is 1. The number of nitrogens with zero attached hydrogens (tertiary/aromatic N) is 1. The fourth-order valence-corrected chi connectivity index (χ4v) is 3.77. The Kier molecular flexibility index (Phi) is 9.64. The quantitative estimate of drug-likeness (QED) is 0.711. The van der Waals surface area contributed by atoms with Crippen molar-refractivity contribution in [2.24, 2.45) is 11.7 Å². The van der Waals surface area contributed by atoms with Crippen LogP contribution in [-0.4, -0.2) is 37.8 Å². The number of nitrogens with one attached hydrogen (secondary N) is 1. The first-order chi connectivity index (χ1) is 11.1. The third-order valence-corrected chi connectivity index (χ3v) is 6.35. The summed E-state index contributed by atoms with van der Waals surface area (Å²) in [5.41, 5.74) is 6.59. The lowest BCUT2D eigenvalue weighted by atomic mass is 10.0. The Morgan fingerprint density at radius 3 is 2.00 bits per heavy atom. The van der Waals surface area contributed by atoms with E-state index in [1.807, 2.05) is 20.8 Å². The fourth-order valence-electron chi connectivity index (χ4n) is 2.31. The molecule has 1 amide bonds. The van der Waals surface area contributed by atoms with Crippen molar-refractivity contribution in [2.45, 2.75) is 51.6 Å². The van der Waals surface area contributed by atoms with Crippen LogP contribution in [0.3, 0.4) is 0 Å². The molecule has 144 valence electrons. The van der Waals surface area contributed by atoms with Crippen molar-refractivity contribution in [2.75, 3.05) is 13.1 Å². The molecule has 8 heteroatoms. The second-order valence-corrected chi connectivity index (χ2v) is 7.97. The summed E-state index contributed by atoms with van der Waals surface area (Å²) >= 11 is 0. The SMILES string of the molecule is CCN(CC)S(=O)(=O)c1ccc(C(C)NC(=O)C(C)C(C)N)cc1.Cl. The van der Waals surface area contributed by atoms with E-state index in [4.69, 9.17) is 5.73 Å². The molecule has 3 unspecified atom stereocenters. The highest BCUT2D eigenvalue weighted by molar-refractivity contribution is 7.89. The molecule has 0 spiro atoms. The van der Waals surface area contributed by atoms with Gasteiger partial charge in [-0.1, -0.05) is 32.9 Å². The van der Waals surface area contributed by atoms with Crippen LogP contribution in [0.5, 0.6) is 0 Å². The zero-order valence-electron chi connectivity index (χ0n) is 15.5. The minimum atomic E-state index is -3.46. The van der Waals surface area contributed by atoms with Crippen LogP contribution in [0.2, 0.25) is 0 Å². The van der Waals surface area contributed by atoms with E-state index in [1.165, 1.54) is 4.31 Å². The molecular formula is C17H30ClN3O3S. The lowest BCUT2D eigenvalue weighted by Gasteiger charge is -2.21. The molecule has 0 heterocycles. The second-order valence-electron chi connectivity index (χ2n) is 6.04. The smallest absolute Gasteiger partial charge is 0.243 e. The van der Waals surface area contributed by atoms with Crippen molar-refractivity contribution in [3.63, 3.8) is 0 Å². The van der Waals surface area contributed by atoms with E-state index >= 15 is 0 Å².